The number of nitrogens with one attached hydrogen (secondary N) is 1. The molecule has 1 saturated carbocycles. The molecule has 1 N–H and O–H groups in total. The molecule has 0 atom stereocenters. The molecule has 0 amide bonds. The summed E-state index contributed by atoms with van der Waals surface area (Å²) in [5.74, 6) is 0.555. The lowest BCUT2D eigenvalue weighted by Crippen LogP contribution is -2.40. The van der Waals surface area contributed by atoms with Crippen molar-refractivity contribution in [3.63, 3.8) is 0 Å². The topological polar surface area (TPSA) is 90.9 Å². The summed E-state index contributed by atoms with van der Waals surface area (Å²) in [5, 5.41) is 4.04. The third kappa shape index (κ3) is 3.67. The number of benzene rings is 1. The molecule has 158 valence electrons. The van der Waals surface area contributed by atoms with Gasteiger partial charge in [0.15, 0.2) is 15.0 Å². The van der Waals surface area contributed by atoms with E-state index >= 15 is 0 Å². The molecule has 0 bridgehead atoms. The van der Waals surface area contributed by atoms with Crippen LogP contribution in [-0.4, -0.2) is 28.5 Å². The zero-order chi connectivity index (χ0) is 21.7. The molecule has 1 aromatic carbocycles. The summed E-state index contributed by atoms with van der Waals surface area (Å²) >= 11 is 13.8. The Balaban J connectivity index is 1.72. The molecular formula is C19H18Cl2IN5O3. The van der Waals surface area contributed by atoms with Gasteiger partial charge in [0.05, 0.1) is 16.6 Å². The minimum absolute atomic E-state index is 0.0607. The van der Waals surface area contributed by atoms with Crippen molar-refractivity contribution in [3.8, 4) is 0 Å². The average Bonchev–Trinajstić information content (AvgIpc) is 2.98. The van der Waals surface area contributed by atoms with Crippen LogP contribution < -0.4 is 16.6 Å². The van der Waals surface area contributed by atoms with Crippen LogP contribution >= 0.6 is 45.8 Å². The summed E-state index contributed by atoms with van der Waals surface area (Å²) in [6.07, 6.45) is 1.46. The van der Waals surface area contributed by atoms with Crippen molar-refractivity contribution in [2.45, 2.75) is 25.4 Å². The maximum absolute atomic E-state index is 13.2. The van der Waals surface area contributed by atoms with E-state index in [1.807, 2.05) is 22.6 Å². The molecule has 1 aliphatic rings. The Kier molecular flexibility index (Phi) is 5.71. The second kappa shape index (κ2) is 8.01. The van der Waals surface area contributed by atoms with Crippen molar-refractivity contribution in [1.29, 1.82) is 0 Å². The predicted octanol–water partition coefficient (Wildman–Crippen LogP) is 2.94. The summed E-state index contributed by atoms with van der Waals surface area (Å²) in [5.41, 5.74) is 0.410. The maximum Gasteiger partial charge on any atom is 0.332 e. The fourth-order valence-electron chi connectivity index (χ4n) is 3.64. The molecule has 8 nitrogen and oxygen atoms in total. The van der Waals surface area contributed by atoms with Crippen molar-refractivity contribution in [2.75, 3.05) is 5.32 Å². The van der Waals surface area contributed by atoms with Gasteiger partial charge in [0.25, 0.3) is 5.56 Å². The van der Waals surface area contributed by atoms with Gasteiger partial charge in [0.2, 0.25) is 5.95 Å². The number of carbonyl (C=O) groups is 1. The number of halogens is 3. The van der Waals surface area contributed by atoms with Crippen molar-refractivity contribution in [2.24, 2.45) is 20.0 Å². The van der Waals surface area contributed by atoms with Crippen LogP contribution in [0.15, 0.2) is 27.8 Å². The van der Waals surface area contributed by atoms with Gasteiger partial charge in [-0.15, -0.1) is 0 Å². The average molecular weight is 562 g/mol. The van der Waals surface area contributed by atoms with Crippen LogP contribution in [0, 0.1) is 5.92 Å². The highest BCUT2D eigenvalue weighted by Gasteiger charge is 2.34. The molecule has 0 aliphatic heterocycles. The molecule has 2 heterocycles. The van der Waals surface area contributed by atoms with Crippen molar-refractivity contribution < 1.29 is 4.79 Å². The van der Waals surface area contributed by atoms with Gasteiger partial charge < -0.3 is 9.88 Å². The van der Waals surface area contributed by atoms with Crippen LogP contribution in [0.1, 0.15) is 18.4 Å². The third-order valence-corrected chi connectivity index (χ3v) is 7.10. The van der Waals surface area contributed by atoms with E-state index in [9.17, 15) is 14.4 Å². The number of rotatable bonds is 5. The number of nitrogens with zero attached hydrogens (tertiary/aromatic N) is 4. The van der Waals surface area contributed by atoms with Gasteiger partial charge in [-0.3, -0.25) is 18.7 Å². The molecule has 3 aromatic rings. The largest absolute Gasteiger partial charge is 0.353 e. The highest BCUT2D eigenvalue weighted by atomic mass is 127. The highest BCUT2D eigenvalue weighted by Crippen LogP contribution is 2.32. The Labute approximate surface area is 194 Å². The third-order valence-electron chi connectivity index (χ3n) is 5.48. The van der Waals surface area contributed by atoms with E-state index in [0.717, 1.165) is 17.4 Å². The van der Waals surface area contributed by atoms with Crippen LogP contribution in [0.4, 0.5) is 5.95 Å². The molecule has 0 saturated heterocycles. The molecule has 0 unspecified atom stereocenters. The SMILES string of the molecule is Cn1c(NC2CC(C(=O)I)C2)nc2c1c(=O)n(Cc1ccc(Cl)c(Cl)c1)c(=O)n2C. The molecule has 30 heavy (non-hydrogen) atoms. The molecule has 0 spiro atoms. The molecule has 11 heteroatoms. The van der Waals surface area contributed by atoms with Gasteiger partial charge in [-0.2, -0.15) is 4.98 Å². The summed E-state index contributed by atoms with van der Waals surface area (Å²) in [6, 6.07) is 5.10. The van der Waals surface area contributed by atoms with Crippen molar-refractivity contribution in [3.05, 3.63) is 54.6 Å². The van der Waals surface area contributed by atoms with Gasteiger partial charge in [0.1, 0.15) is 0 Å². The lowest BCUT2D eigenvalue weighted by molar-refractivity contribution is -0.115. The summed E-state index contributed by atoms with van der Waals surface area (Å²) < 4.78 is 4.32. The van der Waals surface area contributed by atoms with Crippen LogP contribution in [0.2, 0.25) is 10.0 Å². The van der Waals surface area contributed by atoms with E-state index in [1.165, 1.54) is 4.57 Å². The standard InChI is InChI=1S/C19H18Cl2IN5O3/c1-25-14-16(24-18(25)23-11-6-10(7-11)15(22)28)26(2)19(30)27(17(14)29)8-9-3-4-12(20)13(21)5-9/h3-5,10-11H,6-8H2,1-2H3,(H,23,24). The van der Waals surface area contributed by atoms with E-state index in [1.54, 1.807) is 36.9 Å². The van der Waals surface area contributed by atoms with E-state index in [2.05, 4.69) is 10.3 Å². The first-order chi connectivity index (χ1) is 14.2. The van der Waals surface area contributed by atoms with Gasteiger partial charge in [-0.05, 0) is 53.1 Å². The van der Waals surface area contributed by atoms with Gasteiger partial charge in [-0.1, -0.05) is 29.3 Å². The molecule has 2 aromatic heterocycles. The number of carbonyl (C=O) groups excluding carboxylic acids is 1. The van der Waals surface area contributed by atoms with Gasteiger partial charge in [0, 0.05) is 26.1 Å². The first-order valence-corrected chi connectivity index (χ1v) is 11.1. The second-order valence-corrected chi connectivity index (χ2v) is 9.34. The maximum atomic E-state index is 13.2. The number of imidazole rings is 1. The molecule has 1 aliphatic carbocycles. The summed E-state index contributed by atoms with van der Waals surface area (Å²) in [7, 11) is 3.31. The van der Waals surface area contributed by atoms with Gasteiger partial charge in [-0.25, -0.2) is 4.79 Å². The molecular weight excluding hydrogens is 544 g/mol. The Bertz CT molecular complexity index is 1290. The van der Waals surface area contributed by atoms with Crippen LogP contribution in [-0.2, 0) is 25.4 Å². The quantitative estimate of drug-likeness (QED) is 0.382. The first-order valence-electron chi connectivity index (χ1n) is 9.23. The molecule has 4 rings (SSSR count). The fourth-order valence-corrected chi connectivity index (χ4v) is 4.47. The Hall–Kier alpha value is -1.85. The van der Waals surface area contributed by atoms with Crippen molar-refractivity contribution >= 4 is 66.7 Å². The number of fused-ring (bicyclic) bond motifs is 1. The Morgan fingerprint density at radius 1 is 1.20 bits per heavy atom. The van der Waals surface area contributed by atoms with E-state index in [-0.39, 0.29) is 22.3 Å². The number of aryl methyl sites for hydroxylation is 2. The minimum atomic E-state index is -0.470. The smallest absolute Gasteiger partial charge is 0.332 e. The zero-order valence-corrected chi connectivity index (χ0v) is 19.8. The van der Waals surface area contributed by atoms with Crippen molar-refractivity contribution in [1.82, 2.24) is 18.7 Å². The van der Waals surface area contributed by atoms with Crippen LogP contribution in [0.3, 0.4) is 0 Å². The highest BCUT2D eigenvalue weighted by molar-refractivity contribution is 14.1. The molecule has 1 fully saturated rings. The summed E-state index contributed by atoms with van der Waals surface area (Å²) in [6.45, 7) is 0.0638. The minimum Gasteiger partial charge on any atom is -0.353 e. The van der Waals surface area contributed by atoms with Gasteiger partial charge >= 0.3 is 5.69 Å². The predicted molar refractivity (Wildman–Crippen MR) is 125 cm³/mol. The van der Waals surface area contributed by atoms with E-state index in [4.69, 9.17) is 23.2 Å². The lowest BCUT2D eigenvalue weighted by Gasteiger charge is -2.33. The van der Waals surface area contributed by atoms with Crippen LogP contribution in [0.5, 0.6) is 0 Å². The Morgan fingerprint density at radius 3 is 2.53 bits per heavy atom. The van der Waals surface area contributed by atoms with E-state index in [0.29, 0.717) is 32.7 Å². The zero-order valence-electron chi connectivity index (χ0n) is 16.2. The fraction of sp³-hybridized carbons (Fsp3) is 0.368. The van der Waals surface area contributed by atoms with E-state index < -0.39 is 11.2 Å². The number of hydrogen-bond acceptors (Lipinski definition) is 5. The number of aromatic nitrogens is 4. The monoisotopic (exact) mass is 561 g/mol. The molecule has 0 radical (unpaired) electrons. The summed E-state index contributed by atoms with van der Waals surface area (Å²) in [4.78, 5) is 41.9. The lowest BCUT2D eigenvalue weighted by atomic mass is 9.81. The first kappa shape index (κ1) is 21.4. The second-order valence-electron chi connectivity index (χ2n) is 7.46. The van der Waals surface area contributed by atoms with Crippen LogP contribution in [0.25, 0.3) is 11.2 Å². The Morgan fingerprint density at radius 2 is 1.90 bits per heavy atom. The normalized spacial score (nSPS) is 18.4. The number of hydrogen-bond donors (Lipinski definition) is 1. The number of anilines is 1.